The van der Waals surface area contributed by atoms with Gasteiger partial charge in [-0.05, 0) is 45.1 Å². The highest BCUT2D eigenvalue weighted by molar-refractivity contribution is 5.75. The monoisotopic (exact) mass is 331 g/mol. The number of nitrogens with zero attached hydrogens (tertiary/aromatic N) is 4. The summed E-state index contributed by atoms with van der Waals surface area (Å²) in [5, 5.41) is 0. The number of carbonyl (C=O) groups excluding carboxylic acids is 1. The van der Waals surface area contributed by atoms with Crippen LogP contribution in [0.4, 0.5) is 5.95 Å². The standard InChI is InChI=1S/C18H29N5O/c1-14-11-15(21-18(20-14)22-9-5-2-6-10-22)12-23(13-17(19)24)16-7-3-4-8-16/h11,16H,2-10,12-13H2,1H3,(H2,19,24). The van der Waals surface area contributed by atoms with Crippen LogP contribution in [0.25, 0.3) is 0 Å². The molecule has 2 heterocycles. The van der Waals surface area contributed by atoms with Crippen LogP contribution in [0.3, 0.4) is 0 Å². The van der Waals surface area contributed by atoms with Crippen LogP contribution in [-0.4, -0.2) is 46.5 Å². The largest absolute Gasteiger partial charge is 0.369 e. The van der Waals surface area contributed by atoms with Gasteiger partial charge in [-0.1, -0.05) is 12.8 Å². The van der Waals surface area contributed by atoms with Crippen molar-refractivity contribution in [3.05, 3.63) is 17.5 Å². The van der Waals surface area contributed by atoms with E-state index in [1.807, 2.05) is 13.0 Å². The molecule has 0 bridgehead atoms. The Bertz CT molecular complexity index is 565. The highest BCUT2D eigenvalue weighted by Gasteiger charge is 2.25. The first kappa shape index (κ1) is 17.1. The summed E-state index contributed by atoms with van der Waals surface area (Å²) in [5.74, 6) is 0.582. The normalized spacial score (nSPS) is 19.2. The van der Waals surface area contributed by atoms with Crippen molar-refractivity contribution in [2.75, 3.05) is 24.5 Å². The minimum Gasteiger partial charge on any atom is -0.369 e. The fraction of sp³-hybridized carbons (Fsp3) is 0.722. The number of aromatic nitrogens is 2. The Morgan fingerprint density at radius 2 is 1.92 bits per heavy atom. The molecule has 0 atom stereocenters. The zero-order chi connectivity index (χ0) is 16.9. The molecule has 0 spiro atoms. The Labute approximate surface area is 144 Å². The predicted octanol–water partition coefficient (Wildman–Crippen LogP) is 2.01. The summed E-state index contributed by atoms with van der Waals surface area (Å²) in [6, 6.07) is 2.49. The lowest BCUT2D eigenvalue weighted by molar-refractivity contribution is -0.119. The number of hydrogen-bond donors (Lipinski definition) is 1. The molecule has 1 aliphatic heterocycles. The number of nitrogens with two attached hydrogens (primary N) is 1. The number of aryl methyl sites for hydroxylation is 1. The smallest absolute Gasteiger partial charge is 0.231 e. The third-order valence-electron chi connectivity index (χ3n) is 5.10. The Kier molecular flexibility index (Phi) is 5.66. The van der Waals surface area contributed by atoms with Gasteiger partial charge in [0.15, 0.2) is 0 Å². The van der Waals surface area contributed by atoms with E-state index >= 15 is 0 Å². The molecule has 3 rings (SSSR count). The van der Waals surface area contributed by atoms with Crippen molar-refractivity contribution in [2.24, 2.45) is 5.73 Å². The zero-order valence-electron chi connectivity index (χ0n) is 14.7. The average molecular weight is 331 g/mol. The first-order valence-corrected chi connectivity index (χ1v) is 9.23. The van der Waals surface area contributed by atoms with Crippen LogP contribution in [0.1, 0.15) is 56.3 Å². The van der Waals surface area contributed by atoms with Crippen molar-refractivity contribution in [3.63, 3.8) is 0 Å². The zero-order valence-corrected chi connectivity index (χ0v) is 14.7. The van der Waals surface area contributed by atoms with Gasteiger partial charge in [0.1, 0.15) is 0 Å². The van der Waals surface area contributed by atoms with Gasteiger partial charge in [-0.15, -0.1) is 0 Å². The molecule has 1 saturated carbocycles. The Morgan fingerprint density at radius 3 is 2.58 bits per heavy atom. The molecule has 132 valence electrons. The molecular formula is C18H29N5O. The van der Waals surface area contributed by atoms with E-state index in [1.54, 1.807) is 0 Å². The fourth-order valence-corrected chi connectivity index (χ4v) is 3.92. The van der Waals surface area contributed by atoms with E-state index in [0.717, 1.165) is 43.3 Å². The lowest BCUT2D eigenvalue weighted by atomic mass is 10.1. The van der Waals surface area contributed by atoms with Crippen LogP contribution >= 0.6 is 0 Å². The second kappa shape index (κ2) is 7.92. The molecule has 2 N–H and O–H groups in total. The van der Waals surface area contributed by atoms with Crippen molar-refractivity contribution in [1.29, 1.82) is 0 Å². The first-order valence-electron chi connectivity index (χ1n) is 9.23. The summed E-state index contributed by atoms with van der Waals surface area (Å²) in [6.07, 6.45) is 8.49. The van der Waals surface area contributed by atoms with Crippen LogP contribution in [-0.2, 0) is 11.3 Å². The molecule has 1 aromatic heterocycles. The quantitative estimate of drug-likeness (QED) is 0.863. The molecular weight excluding hydrogens is 302 g/mol. The van der Waals surface area contributed by atoms with Gasteiger partial charge >= 0.3 is 0 Å². The molecule has 0 radical (unpaired) electrons. The van der Waals surface area contributed by atoms with E-state index in [-0.39, 0.29) is 5.91 Å². The number of carbonyl (C=O) groups is 1. The second-order valence-corrected chi connectivity index (χ2v) is 7.16. The molecule has 24 heavy (non-hydrogen) atoms. The van der Waals surface area contributed by atoms with Crippen LogP contribution in [0.2, 0.25) is 0 Å². The van der Waals surface area contributed by atoms with Gasteiger partial charge in [-0.3, -0.25) is 9.69 Å². The number of hydrogen-bond acceptors (Lipinski definition) is 5. The Morgan fingerprint density at radius 1 is 1.21 bits per heavy atom. The summed E-state index contributed by atoms with van der Waals surface area (Å²) in [6.45, 7) is 5.09. The number of piperidine rings is 1. The van der Waals surface area contributed by atoms with E-state index in [4.69, 9.17) is 10.7 Å². The predicted molar refractivity (Wildman–Crippen MR) is 94.7 cm³/mol. The lowest BCUT2D eigenvalue weighted by Crippen LogP contribution is -2.40. The highest BCUT2D eigenvalue weighted by Crippen LogP contribution is 2.25. The van der Waals surface area contributed by atoms with E-state index < -0.39 is 0 Å². The first-order chi connectivity index (χ1) is 11.6. The van der Waals surface area contributed by atoms with E-state index in [0.29, 0.717) is 19.1 Å². The van der Waals surface area contributed by atoms with Crippen molar-refractivity contribution >= 4 is 11.9 Å². The van der Waals surface area contributed by atoms with Gasteiger partial charge in [0, 0.05) is 31.4 Å². The molecule has 1 saturated heterocycles. The molecule has 1 aliphatic carbocycles. The van der Waals surface area contributed by atoms with Gasteiger partial charge < -0.3 is 10.6 Å². The minimum absolute atomic E-state index is 0.260. The van der Waals surface area contributed by atoms with Crippen molar-refractivity contribution in [2.45, 2.75) is 64.5 Å². The van der Waals surface area contributed by atoms with Crippen LogP contribution in [0, 0.1) is 6.92 Å². The second-order valence-electron chi connectivity index (χ2n) is 7.16. The summed E-state index contributed by atoms with van der Waals surface area (Å²) >= 11 is 0. The molecule has 0 aromatic carbocycles. The van der Waals surface area contributed by atoms with Crippen LogP contribution in [0.5, 0.6) is 0 Å². The summed E-state index contributed by atoms with van der Waals surface area (Å²) in [5.41, 5.74) is 7.46. The van der Waals surface area contributed by atoms with Gasteiger partial charge in [-0.25, -0.2) is 9.97 Å². The van der Waals surface area contributed by atoms with E-state index in [2.05, 4.69) is 14.8 Å². The van der Waals surface area contributed by atoms with E-state index in [1.165, 1.54) is 32.1 Å². The summed E-state index contributed by atoms with van der Waals surface area (Å²) < 4.78 is 0. The molecule has 6 nitrogen and oxygen atoms in total. The van der Waals surface area contributed by atoms with Crippen LogP contribution in [0.15, 0.2) is 6.07 Å². The maximum absolute atomic E-state index is 11.5. The number of anilines is 1. The maximum Gasteiger partial charge on any atom is 0.231 e. The SMILES string of the molecule is Cc1cc(CN(CC(N)=O)C2CCCC2)nc(N2CCCCC2)n1. The van der Waals surface area contributed by atoms with E-state index in [9.17, 15) is 4.79 Å². The molecule has 6 heteroatoms. The number of primary amides is 1. The molecule has 2 aliphatic rings. The average Bonchev–Trinajstić information content (AvgIpc) is 3.08. The number of rotatable bonds is 6. The van der Waals surface area contributed by atoms with Crippen molar-refractivity contribution in [3.8, 4) is 0 Å². The highest BCUT2D eigenvalue weighted by atomic mass is 16.1. The summed E-state index contributed by atoms with van der Waals surface area (Å²) in [4.78, 5) is 25.4. The van der Waals surface area contributed by atoms with Gasteiger partial charge in [0.05, 0.1) is 12.2 Å². The maximum atomic E-state index is 11.5. The Balaban J connectivity index is 1.76. The summed E-state index contributed by atoms with van der Waals surface area (Å²) in [7, 11) is 0. The third-order valence-corrected chi connectivity index (χ3v) is 5.10. The molecule has 1 aromatic rings. The van der Waals surface area contributed by atoms with Crippen molar-refractivity contribution in [1.82, 2.24) is 14.9 Å². The van der Waals surface area contributed by atoms with Crippen molar-refractivity contribution < 1.29 is 4.79 Å². The number of amides is 1. The molecule has 2 fully saturated rings. The molecule has 1 amide bonds. The minimum atomic E-state index is -0.260. The van der Waals surface area contributed by atoms with Gasteiger partial charge in [0.2, 0.25) is 11.9 Å². The fourth-order valence-electron chi connectivity index (χ4n) is 3.92. The molecule has 0 unspecified atom stereocenters. The topological polar surface area (TPSA) is 75.3 Å². The van der Waals surface area contributed by atoms with Gasteiger partial charge in [-0.2, -0.15) is 0 Å². The lowest BCUT2D eigenvalue weighted by Gasteiger charge is -2.29. The van der Waals surface area contributed by atoms with Crippen LogP contribution < -0.4 is 10.6 Å². The Hall–Kier alpha value is -1.69. The van der Waals surface area contributed by atoms with Gasteiger partial charge in [0.25, 0.3) is 0 Å². The third kappa shape index (κ3) is 4.44.